The average molecular weight is 346 g/mol. The lowest BCUT2D eigenvalue weighted by Gasteiger charge is -2.43. The van der Waals surface area contributed by atoms with Gasteiger partial charge in [0.15, 0.2) is 0 Å². The van der Waals surface area contributed by atoms with Crippen LogP contribution in [0.5, 0.6) is 0 Å². The molecule has 0 aliphatic carbocycles. The Labute approximate surface area is 129 Å². The molecule has 0 saturated carbocycles. The van der Waals surface area contributed by atoms with E-state index in [1.54, 1.807) is 0 Å². The minimum atomic E-state index is 0.263. The van der Waals surface area contributed by atoms with E-state index in [9.17, 15) is 0 Å². The van der Waals surface area contributed by atoms with Crippen molar-refractivity contribution < 1.29 is 0 Å². The molecule has 4 heteroatoms. The summed E-state index contributed by atoms with van der Waals surface area (Å²) in [7, 11) is 0. The maximum Gasteiger partial charge on any atom is 0.0426 e. The van der Waals surface area contributed by atoms with Gasteiger partial charge in [0.1, 0.15) is 0 Å². The summed E-state index contributed by atoms with van der Waals surface area (Å²) in [6, 6.07) is 6.17. The van der Waals surface area contributed by atoms with Crippen LogP contribution in [0.25, 0.3) is 0 Å². The van der Waals surface area contributed by atoms with Crippen LogP contribution >= 0.6 is 27.5 Å². The highest BCUT2D eigenvalue weighted by Gasteiger charge is 2.26. The molecule has 0 aromatic heterocycles. The van der Waals surface area contributed by atoms with Crippen molar-refractivity contribution in [1.82, 2.24) is 4.90 Å². The minimum absolute atomic E-state index is 0.263. The summed E-state index contributed by atoms with van der Waals surface area (Å²) in [5, 5.41) is 1.69. The Kier molecular flexibility index (Phi) is 4.80. The maximum atomic E-state index is 6.14. The molecule has 1 aromatic rings. The zero-order valence-electron chi connectivity index (χ0n) is 11.9. The van der Waals surface area contributed by atoms with Gasteiger partial charge in [-0.2, -0.15) is 0 Å². The number of alkyl halides is 1. The fourth-order valence-corrected chi connectivity index (χ4v) is 3.20. The second-order valence-electron chi connectivity index (χ2n) is 6.05. The van der Waals surface area contributed by atoms with Crippen LogP contribution in [-0.4, -0.2) is 36.6 Å². The van der Waals surface area contributed by atoms with Crippen LogP contribution in [0.1, 0.15) is 26.3 Å². The smallest absolute Gasteiger partial charge is 0.0426 e. The number of rotatable bonds is 2. The Morgan fingerprint density at radius 1 is 1.16 bits per heavy atom. The van der Waals surface area contributed by atoms with E-state index in [0.29, 0.717) is 0 Å². The molecule has 106 valence electrons. The van der Waals surface area contributed by atoms with E-state index in [-0.39, 0.29) is 5.54 Å². The van der Waals surface area contributed by atoms with Crippen LogP contribution in [-0.2, 0) is 5.33 Å². The Balaban J connectivity index is 2.11. The molecule has 1 aromatic carbocycles. The molecular formula is C15H22BrClN2. The first-order chi connectivity index (χ1) is 8.91. The Morgan fingerprint density at radius 2 is 1.79 bits per heavy atom. The zero-order chi connectivity index (χ0) is 14.0. The summed E-state index contributed by atoms with van der Waals surface area (Å²) in [4.78, 5) is 4.99. The molecule has 19 heavy (non-hydrogen) atoms. The Morgan fingerprint density at radius 3 is 2.32 bits per heavy atom. The van der Waals surface area contributed by atoms with Gasteiger partial charge in [0.05, 0.1) is 0 Å². The second kappa shape index (κ2) is 6.02. The number of anilines is 1. The molecule has 0 bridgehead atoms. The Hall–Kier alpha value is -0.250. The van der Waals surface area contributed by atoms with Gasteiger partial charge in [-0.25, -0.2) is 0 Å². The highest BCUT2D eigenvalue weighted by molar-refractivity contribution is 9.08. The summed E-state index contributed by atoms with van der Waals surface area (Å²) >= 11 is 9.70. The van der Waals surface area contributed by atoms with Crippen LogP contribution in [0.4, 0.5) is 5.69 Å². The van der Waals surface area contributed by atoms with E-state index in [0.717, 1.165) is 36.5 Å². The maximum absolute atomic E-state index is 6.14. The molecule has 1 saturated heterocycles. The predicted octanol–water partition coefficient (Wildman–Crippen LogP) is 4.16. The van der Waals surface area contributed by atoms with Gasteiger partial charge in [0, 0.05) is 47.8 Å². The van der Waals surface area contributed by atoms with E-state index in [1.807, 2.05) is 6.07 Å². The molecule has 1 aliphatic heterocycles. The van der Waals surface area contributed by atoms with Crippen LogP contribution in [0.15, 0.2) is 18.2 Å². The summed E-state index contributed by atoms with van der Waals surface area (Å²) in [5.74, 6) is 0. The monoisotopic (exact) mass is 344 g/mol. The molecule has 1 heterocycles. The minimum Gasteiger partial charge on any atom is -0.369 e. The lowest BCUT2D eigenvalue weighted by Crippen LogP contribution is -2.53. The molecule has 1 aliphatic rings. The van der Waals surface area contributed by atoms with Gasteiger partial charge >= 0.3 is 0 Å². The fraction of sp³-hybridized carbons (Fsp3) is 0.600. The van der Waals surface area contributed by atoms with Gasteiger partial charge < -0.3 is 4.90 Å². The lowest BCUT2D eigenvalue weighted by atomic mass is 10.0. The summed E-state index contributed by atoms with van der Waals surface area (Å²) in [5.41, 5.74) is 2.85. The van der Waals surface area contributed by atoms with Gasteiger partial charge in [-0.15, -0.1) is 0 Å². The number of halogens is 2. The topological polar surface area (TPSA) is 6.48 Å². The van der Waals surface area contributed by atoms with Crippen molar-refractivity contribution >= 4 is 33.2 Å². The number of hydrogen-bond acceptors (Lipinski definition) is 2. The lowest BCUT2D eigenvalue weighted by molar-refractivity contribution is 0.128. The first kappa shape index (κ1) is 15.1. The summed E-state index contributed by atoms with van der Waals surface area (Å²) < 4.78 is 0. The molecule has 0 radical (unpaired) electrons. The van der Waals surface area contributed by atoms with E-state index < -0.39 is 0 Å². The van der Waals surface area contributed by atoms with Crippen molar-refractivity contribution in [3.05, 3.63) is 28.8 Å². The molecular weight excluding hydrogens is 324 g/mol. The largest absolute Gasteiger partial charge is 0.369 e. The van der Waals surface area contributed by atoms with Gasteiger partial charge in [-0.05, 0) is 38.5 Å². The van der Waals surface area contributed by atoms with Crippen LogP contribution < -0.4 is 4.90 Å². The number of benzene rings is 1. The average Bonchev–Trinajstić information content (AvgIpc) is 2.38. The van der Waals surface area contributed by atoms with Crippen molar-refractivity contribution in [2.75, 3.05) is 31.1 Å². The Bertz CT molecular complexity index is 434. The van der Waals surface area contributed by atoms with Crippen LogP contribution in [0, 0.1) is 0 Å². The predicted molar refractivity (Wildman–Crippen MR) is 87.6 cm³/mol. The molecule has 0 unspecified atom stereocenters. The molecule has 0 amide bonds. The number of nitrogens with zero attached hydrogens (tertiary/aromatic N) is 2. The summed E-state index contributed by atoms with van der Waals surface area (Å²) in [6.07, 6.45) is 0. The standard InChI is InChI=1S/C15H22BrClN2/c1-15(2,3)19-8-6-18(7-9-19)14-10-13(17)5-4-12(14)11-16/h4-5,10H,6-9,11H2,1-3H3. The van der Waals surface area contributed by atoms with Crippen molar-refractivity contribution in [2.24, 2.45) is 0 Å². The first-order valence-corrected chi connectivity index (χ1v) is 8.26. The van der Waals surface area contributed by atoms with Gasteiger partial charge in [-0.3, -0.25) is 4.90 Å². The van der Waals surface area contributed by atoms with Crippen molar-refractivity contribution in [2.45, 2.75) is 31.6 Å². The third kappa shape index (κ3) is 3.65. The molecule has 2 nitrogen and oxygen atoms in total. The third-order valence-corrected chi connectivity index (χ3v) is 4.60. The van der Waals surface area contributed by atoms with Crippen molar-refractivity contribution in [3.63, 3.8) is 0 Å². The highest BCUT2D eigenvalue weighted by Crippen LogP contribution is 2.28. The molecule has 0 atom stereocenters. The van der Waals surface area contributed by atoms with E-state index in [1.165, 1.54) is 11.3 Å². The van der Waals surface area contributed by atoms with Gasteiger partial charge in [0.25, 0.3) is 0 Å². The second-order valence-corrected chi connectivity index (χ2v) is 7.05. The normalized spacial score (nSPS) is 17.8. The molecule has 2 rings (SSSR count). The van der Waals surface area contributed by atoms with Gasteiger partial charge in [-0.1, -0.05) is 33.6 Å². The van der Waals surface area contributed by atoms with Gasteiger partial charge in [0.2, 0.25) is 0 Å². The molecule has 0 N–H and O–H groups in total. The van der Waals surface area contributed by atoms with Crippen LogP contribution in [0.3, 0.4) is 0 Å². The van der Waals surface area contributed by atoms with E-state index >= 15 is 0 Å². The third-order valence-electron chi connectivity index (χ3n) is 3.76. The van der Waals surface area contributed by atoms with Crippen molar-refractivity contribution in [3.8, 4) is 0 Å². The molecule has 0 spiro atoms. The summed E-state index contributed by atoms with van der Waals surface area (Å²) in [6.45, 7) is 11.2. The number of piperazine rings is 1. The fourth-order valence-electron chi connectivity index (χ4n) is 2.56. The van der Waals surface area contributed by atoms with Crippen LogP contribution in [0.2, 0.25) is 5.02 Å². The first-order valence-electron chi connectivity index (χ1n) is 6.76. The van der Waals surface area contributed by atoms with E-state index in [4.69, 9.17) is 11.6 Å². The SMILES string of the molecule is CC(C)(C)N1CCN(c2cc(Cl)ccc2CBr)CC1. The van der Waals surface area contributed by atoms with E-state index in [2.05, 4.69) is 58.6 Å². The number of hydrogen-bond donors (Lipinski definition) is 0. The quantitative estimate of drug-likeness (QED) is 0.743. The molecule has 1 fully saturated rings. The van der Waals surface area contributed by atoms with Crippen molar-refractivity contribution in [1.29, 1.82) is 0 Å². The zero-order valence-corrected chi connectivity index (χ0v) is 14.3. The highest BCUT2D eigenvalue weighted by atomic mass is 79.9.